The number of imidazole rings is 1. The zero-order chi connectivity index (χ0) is 17.0. The van der Waals surface area contributed by atoms with Crippen LogP contribution in [-0.4, -0.2) is 35.2 Å². The highest BCUT2D eigenvalue weighted by Gasteiger charge is 2.39. The maximum absolute atomic E-state index is 12.8. The number of benzene rings is 1. The third-order valence-corrected chi connectivity index (χ3v) is 5.06. The van der Waals surface area contributed by atoms with Gasteiger partial charge in [0.2, 0.25) is 11.9 Å². The van der Waals surface area contributed by atoms with Crippen LogP contribution in [0.15, 0.2) is 41.1 Å². The monoisotopic (exact) mass is 392 g/mol. The fourth-order valence-electron chi connectivity index (χ4n) is 2.87. The number of nitrogens with two attached hydrogens (primary N) is 1. The first-order valence-electron chi connectivity index (χ1n) is 7.98. The number of hydrogen-bond acceptors (Lipinski definition) is 4. The molecule has 0 spiro atoms. The molecule has 6 nitrogen and oxygen atoms in total. The van der Waals surface area contributed by atoms with Crippen molar-refractivity contribution in [2.45, 2.75) is 19.4 Å². The first-order valence-corrected chi connectivity index (χ1v) is 8.77. The lowest BCUT2D eigenvalue weighted by Gasteiger charge is -2.34. The quantitative estimate of drug-likeness (QED) is 0.818. The summed E-state index contributed by atoms with van der Waals surface area (Å²) >= 11 is 3.43. The average Bonchev–Trinajstić information content (AvgIpc) is 3.04. The van der Waals surface area contributed by atoms with E-state index in [1.807, 2.05) is 35.0 Å². The van der Waals surface area contributed by atoms with E-state index in [2.05, 4.69) is 26.2 Å². The number of ether oxygens (including phenoxy) is 1. The van der Waals surface area contributed by atoms with E-state index < -0.39 is 5.41 Å². The molecule has 1 aliphatic rings. The van der Waals surface area contributed by atoms with Crippen LogP contribution in [0.25, 0.3) is 0 Å². The van der Waals surface area contributed by atoms with Crippen LogP contribution in [0.3, 0.4) is 0 Å². The molecule has 1 amide bonds. The number of nitrogens with one attached hydrogen (secondary N) is 1. The van der Waals surface area contributed by atoms with Gasteiger partial charge in [0.1, 0.15) is 0 Å². The first kappa shape index (κ1) is 17.1. The van der Waals surface area contributed by atoms with Crippen LogP contribution in [0.2, 0.25) is 0 Å². The van der Waals surface area contributed by atoms with Crippen molar-refractivity contribution in [2.75, 3.05) is 25.1 Å². The summed E-state index contributed by atoms with van der Waals surface area (Å²) in [5, 5.41) is 2.95. The van der Waals surface area contributed by atoms with Crippen LogP contribution in [0.1, 0.15) is 18.4 Å². The zero-order valence-corrected chi connectivity index (χ0v) is 15.0. The number of hydrogen-bond donors (Lipinski definition) is 2. The van der Waals surface area contributed by atoms with E-state index >= 15 is 0 Å². The van der Waals surface area contributed by atoms with Gasteiger partial charge >= 0.3 is 0 Å². The molecule has 1 aliphatic heterocycles. The second-order valence-corrected chi connectivity index (χ2v) is 6.97. The molecule has 24 heavy (non-hydrogen) atoms. The van der Waals surface area contributed by atoms with Crippen LogP contribution >= 0.6 is 15.9 Å². The van der Waals surface area contributed by atoms with Gasteiger partial charge in [0.25, 0.3) is 0 Å². The molecule has 1 aromatic heterocycles. The Bertz CT molecular complexity index is 693. The van der Waals surface area contributed by atoms with Gasteiger partial charge in [-0.2, -0.15) is 0 Å². The van der Waals surface area contributed by atoms with Crippen molar-refractivity contribution < 1.29 is 9.53 Å². The minimum atomic E-state index is -0.563. The predicted octanol–water partition coefficient (Wildman–Crippen LogP) is 2.39. The highest BCUT2D eigenvalue weighted by molar-refractivity contribution is 9.10. The summed E-state index contributed by atoms with van der Waals surface area (Å²) < 4.78 is 8.32. The summed E-state index contributed by atoms with van der Waals surface area (Å²) in [4.78, 5) is 17.0. The molecule has 2 heterocycles. The van der Waals surface area contributed by atoms with E-state index in [4.69, 9.17) is 10.5 Å². The number of aromatic nitrogens is 2. The number of halogens is 1. The average molecular weight is 393 g/mol. The molecule has 0 atom stereocenters. The smallest absolute Gasteiger partial charge is 0.234 e. The van der Waals surface area contributed by atoms with Gasteiger partial charge in [-0.3, -0.25) is 10.1 Å². The van der Waals surface area contributed by atoms with Gasteiger partial charge in [-0.1, -0.05) is 28.1 Å². The van der Waals surface area contributed by atoms with E-state index in [1.165, 1.54) is 0 Å². The van der Waals surface area contributed by atoms with E-state index in [0.717, 1.165) is 10.0 Å². The molecule has 7 heteroatoms. The SMILES string of the molecule is NCC1(C(=O)Nc2nccn2Cc2ccc(Br)cc2)CCOCC1. The lowest BCUT2D eigenvalue weighted by molar-refractivity contribution is -0.130. The normalized spacial score (nSPS) is 16.8. The minimum Gasteiger partial charge on any atom is -0.381 e. The fraction of sp³-hybridized carbons (Fsp3) is 0.412. The van der Waals surface area contributed by atoms with Gasteiger partial charge in [0.05, 0.1) is 12.0 Å². The van der Waals surface area contributed by atoms with Gasteiger partial charge in [0.15, 0.2) is 0 Å². The van der Waals surface area contributed by atoms with Crippen LogP contribution in [0, 0.1) is 5.41 Å². The van der Waals surface area contributed by atoms with E-state index in [9.17, 15) is 4.79 Å². The van der Waals surface area contributed by atoms with Crippen molar-refractivity contribution >= 4 is 27.8 Å². The summed E-state index contributed by atoms with van der Waals surface area (Å²) in [6.07, 6.45) is 4.83. The molecule has 2 aromatic rings. The van der Waals surface area contributed by atoms with Crippen LogP contribution in [0.4, 0.5) is 5.95 Å². The van der Waals surface area contributed by atoms with Crippen LogP contribution in [-0.2, 0) is 16.1 Å². The van der Waals surface area contributed by atoms with E-state index in [1.54, 1.807) is 6.20 Å². The first-order chi connectivity index (χ1) is 11.6. The molecule has 3 N–H and O–H groups in total. The van der Waals surface area contributed by atoms with Gasteiger partial charge in [-0.15, -0.1) is 0 Å². The molecule has 0 radical (unpaired) electrons. The molecule has 0 aliphatic carbocycles. The van der Waals surface area contributed by atoms with Crippen molar-refractivity contribution in [1.82, 2.24) is 9.55 Å². The molecular formula is C17H21BrN4O2. The van der Waals surface area contributed by atoms with Crippen LogP contribution < -0.4 is 11.1 Å². The summed E-state index contributed by atoms with van der Waals surface area (Å²) in [6, 6.07) is 8.07. The molecule has 128 valence electrons. The third-order valence-electron chi connectivity index (χ3n) is 4.53. The Morgan fingerprint density at radius 1 is 1.33 bits per heavy atom. The summed E-state index contributed by atoms with van der Waals surface area (Å²) in [7, 11) is 0. The zero-order valence-electron chi connectivity index (χ0n) is 13.4. The number of carbonyl (C=O) groups excluding carboxylic acids is 1. The lowest BCUT2D eigenvalue weighted by Crippen LogP contribution is -2.46. The fourth-order valence-corrected chi connectivity index (χ4v) is 3.13. The third kappa shape index (κ3) is 3.68. The number of anilines is 1. The Morgan fingerprint density at radius 3 is 2.71 bits per heavy atom. The second kappa shape index (κ2) is 7.46. The number of rotatable bonds is 5. The van der Waals surface area contributed by atoms with Crippen molar-refractivity contribution in [3.63, 3.8) is 0 Å². The summed E-state index contributed by atoms with van der Waals surface area (Å²) in [6.45, 7) is 2.09. The Kier molecular flexibility index (Phi) is 5.33. The molecule has 0 bridgehead atoms. The molecular weight excluding hydrogens is 372 g/mol. The molecule has 0 unspecified atom stereocenters. The second-order valence-electron chi connectivity index (χ2n) is 6.06. The molecule has 1 saturated heterocycles. The highest BCUT2D eigenvalue weighted by atomic mass is 79.9. The van der Waals surface area contributed by atoms with Gasteiger partial charge in [0, 0.05) is 36.6 Å². The standard InChI is InChI=1S/C17H21BrN4O2/c18-14-3-1-13(2-4-14)11-22-8-7-20-16(22)21-15(23)17(12-19)5-9-24-10-6-17/h1-4,7-8H,5-6,9-12,19H2,(H,20,21,23). The van der Waals surface area contributed by atoms with Crippen LogP contribution in [0.5, 0.6) is 0 Å². The summed E-state index contributed by atoms with van der Waals surface area (Å²) in [5.41, 5.74) is 6.46. The predicted molar refractivity (Wildman–Crippen MR) is 95.6 cm³/mol. The Labute approximate surface area is 149 Å². The van der Waals surface area contributed by atoms with Crippen molar-refractivity contribution in [3.05, 3.63) is 46.7 Å². The van der Waals surface area contributed by atoms with E-state index in [-0.39, 0.29) is 5.91 Å². The lowest BCUT2D eigenvalue weighted by atomic mass is 9.79. The maximum atomic E-state index is 12.8. The topological polar surface area (TPSA) is 82.2 Å². The summed E-state index contributed by atoms with van der Waals surface area (Å²) in [5.74, 6) is 0.471. The highest BCUT2D eigenvalue weighted by Crippen LogP contribution is 2.30. The van der Waals surface area contributed by atoms with Gasteiger partial charge in [-0.25, -0.2) is 4.98 Å². The number of carbonyl (C=O) groups is 1. The Morgan fingerprint density at radius 2 is 2.04 bits per heavy atom. The molecule has 1 aromatic carbocycles. The molecule has 1 fully saturated rings. The van der Waals surface area contributed by atoms with Crippen molar-refractivity contribution in [2.24, 2.45) is 11.1 Å². The molecule has 0 saturated carbocycles. The van der Waals surface area contributed by atoms with Gasteiger partial charge in [-0.05, 0) is 30.5 Å². The number of nitrogens with zero attached hydrogens (tertiary/aromatic N) is 2. The molecule has 3 rings (SSSR count). The van der Waals surface area contributed by atoms with Crippen molar-refractivity contribution in [3.8, 4) is 0 Å². The largest absolute Gasteiger partial charge is 0.381 e. The number of amides is 1. The van der Waals surface area contributed by atoms with Crippen molar-refractivity contribution in [1.29, 1.82) is 0 Å². The Balaban J connectivity index is 1.73. The minimum absolute atomic E-state index is 0.0726. The van der Waals surface area contributed by atoms with E-state index in [0.29, 0.717) is 45.1 Å². The maximum Gasteiger partial charge on any atom is 0.234 e. The van der Waals surface area contributed by atoms with Gasteiger partial charge < -0.3 is 15.0 Å². The Hall–Kier alpha value is -1.70.